The molecule has 30 heavy (non-hydrogen) atoms. The van der Waals surface area contributed by atoms with Crippen molar-refractivity contribution < 1.29 is 14.3 Å². The first-order chi connectivity index (χ1) is 14.5. The number of anilines is 2. The van der Waals surface area contributed by atoms with E-state index in [2.05, 4.69) is 26.1 Å². The molecule has 0 aliphatic carbocycles. The summed E-state index contributed by atoms with van der Waals surface area (Å²) in [5, 5.41) is 16.3. The average molecular weight is 444 g/mol. The first-order valence-corrected chi connectivity index (χ1v) is 10.9. The van der Waals surface area contributed by atoms with E-state index in [-0.39, 0.29) is 5.91 Å². The van der Waals surface area contributed by atoms with Crippen LogP contribution in [-0.4, -0.2) is 33.9 Å². The predicted octanol–water partition coefficient (Wildman–Crippen LogP) is 4.40. The fourth-order valence-electron chi connectivity index (χ4n) is 2.29. The Kier molecular flexibility index (Phi) is 7.63. The second kappa shape index (κ2) is 10.6. The van der Waals surface area contributed by atoms with E-state index in [9.17, 15) is 9.59 Å². The predicted molar refractivity (Wildman–Crippen MR) is 119 cm³/mol. The molecule has 3 N–H and O–H groups in total. The lowest BCUT2D eigenvalue weighted by Crippen LogP contribution is -2.42. The summed E-state index contributed by atoms with van der Waals surface area (Å²) in [5.41, 5.74) is 0.838. The third kappa shape index (κ3) is 6.46. The van der Waals surface area contributed by atoms with Crippen LogP contribution in [0.25, 0.3) is 0 Å². The van der Waals surface area contributed by atoms with Crippen molar-refractivity contribution in [2.45, 2.75) is 23.4 Å². The Morgan fingerprint density at radius 3 is 2.47 bits per heavy atom. The Balaban J connectivity index is 1.52. The number of nitrogens with zero attached hydrogens (tertiary/aromatic N) is 2. The highest BCUT2D eigenvalue weighted by Crippen LogP contribution is 2.31. The molecular formula is C20H21N5O3S2. The maximum Gasteiger partial charge on any atom is 0.321 e. The molecule has 2 aromatic carbocycles. The first-order valence-electron chi connectivity index (χ1n) is 9.22. The van der Waals surface area contributed by atoms with Gasteiger partial charge in [0, 0.05) is 12.2 Å². The molecular weight excluding hydrogens is 422 g/mol. The van der Waals surface area contributed by atoms with E-state index in [1.165, 1.54) is 23.1 Å². The van der Waals surface area contributed by atoms with Crippen LogP contribution in [0.15, 0.2) is 58.9 Å². The van der Waals surface area contributed by atoms with Crippen molar-refractivity contribution in [3.63, 3.8) is 0 Å². The number of ether oxygens (including phenoxy) is 1. The minimum Gasteiger partial charge on any atom is -0.457 e. The second-order valence-electron chi connectivity index (χ2n) is 6.05. The van der Waals surface area contributed by atoms with Crippen LogP contribution in [0.5, 0.6) is 11.5 Å². The van der Waals surface area contributed by atoms with E-state index in [0.717, 1.165) is 17.2 Å². The molecule has 0 bridgehead atoms. The van der Waals surface area contributed by atoms with Crippen LogP contribution in [0.4, 0.5) is 15.6 Å². The van der Waals surface area contributed by atoms with Crippen LogP contribution >= 0.6 is 23.1 Å². The molecule has 0 aliphatic heterocycles. The van der Waals surface area contributed by atoms with Crippen molar-refractivity contribution in [1.82, 2.24) is 20.8 Å². The third-order valence-corrected chi connectivity index (χ3v) is 5.73. The molecule has 1 heterocycles. The maximum absolute atomic E-state index is 12.0. The van der Waals surface area contributed by atoms with Gasteiger partial charge < -0.3 is 15.4 Å². The van der Waals surface area contributed by atoms with Gasteiger partial charge in [0.05, 0.1) is 5.25 Å². The summed E-state index contributed by atoms with van der Waals surface area (Å²) in [6, 6.07) is 16.5. The normalized spacial score (nSPS) is 11.4. The molecule has 8 nitrogen and oxygen atoms in total. The topological polar surface area (TPSA) is 105 Å². The zero-order valence-electron chi connectivity index (χ0n) is 16.4. The molecule has 0 saturated heterocycles. The number of urea groups is 1. The van der Waals surface area contributed by atoms with Gasteiger partial charge in [-0.1, -0.05) is 41.3 Å². The quantitative estimate of drug-likeness (QED) is 0.443. The van der Waals surface area contributed by atoms with Crippen molar-refractivity contribution in [3.05, 3.63) is 54.6 Å². The van der Waals surface area contributed by atoms with Gasteiger partial charge in [-0.2, -0.15) is 0 Å². The molecule has 0 radical (unpaired) electrons. The number of carbonyl (C=O) groups is 2. The fourth-order valence-corrected chi connectivity index (χ4v) is 4.20. The molecule has 3 amide bonds. The Morgan fingerprint density at radius 2 is 1.77 bits per heavy atom. The van der Waals surface area contributed by atoms with Crippen molar-refractivity contribution >= 4 is 45.9 Å². The van der Waals surface area contributed by atoms with Crippen LogP contribution < -0.4 is 20.7 Å². The number of aromatic nitrogens is 2. The highest BCUT2D eigenvalue weighted by molar-refractivity contribution is 8.02. The van der Waals surface area contributed by atoms with E-state index >= 15 is 0 Å². The number of nitrogens with one attached hydrogen (secondary N) is 3. The summed E-state index contributed by atoms with van der Waals surface area (Å²) in [6.07, 6.45) is 0. The number of hydrogen-bond donors (Lipinski definition) is 3. The Hall–Kier alpha value is -3.11. The van der Waals surface area contributed by atoms with Gasteiger partial charge in [-0.15, -0.1) is 10.2 Å². The number of thioether (sulfide) groups is 1. The minimum absolute atomic E-state index is 0.385. The van der Waals surface area contributed by atoms with E-state index in [0.29, 0.717) is 16.0 Å². The molecule has 156 valence electrons. The number of carbonyl (C=O) groups excluding carboxylic acids is 2. The highest BCUT2D eigenvalue weighted by atomic mass is 32.2. The highest BCUT2D eigenvalue weighted by Gasteiger charge is 2.19. The van der Waals surface area contributed by atoms with Crippen LogP contribution in [0.1, 0.15) is 13.8 Å². The third-order valence-electron chi connectivity index (χ3n) is 3.71. The van der Waals surface area contributed by atoms with Gasteiger partial charge in [0.25, 0.3) is 0 Å². The zero-order chi connectivity index (χ0) is 21.3. The minimum atomic E-state index is -0.505. The molecule has 1 aromatic heterocycles. The second-order valence-corrected chi connectivity index (χ2v) is 8.61. The molecule has 0 fully saturated rings. The lowest BCUT2D eigenvalue weighted by atomic mass is 10.3. The van der Waals surface area contributed by atoms with Crippen molar-refractivity contribution in [2.75, 3.05) is 11.9 Å². The summed E-state index contributed by atoms with van der Waals surface area (Å²) in [6.45, 7) is 3.94. The van der Waals surface area contributed by atoms with Crippen molar-refractivity contribution in [1.29, 1.82) is 0 Å². The van der Waals surface area contributed by atoms with Crippen molar-refractivity contribution in [2.24, 2.45) is 0 Å². The molecule has 0 spiro atoms. The molecule has 10 heteroatoms. The Labute approximate surface area is 182 Å². The van der Waals surface area contributed by atoms with Gasteiger partial charge in [-0.05, 0) is 50.2 Å². The summed E-state index contributed by atoms with van der Waals surface area (Å²) in [5.74, 6) is 1.12. The maximum atomic E-state index is 12.0. The number of hydrogen-bond acceptors (Lipinski definition) is 8. The summed E-state index contributed by atoms with van der Waals surface area (Å²) in [7, 11) is 0. The Morgan fingerprint density at radius 1 is 1.07 bits per heavy atom. The molecule has 0 aliphatic rings. The zero-order valence-corrected chi connectivity index (χ0v) is 18.0. The number of para-hydroxylation sites is 1. The van der Waals surface area contributed by atoms with Crippen LogP contribution in [-0.2, 0) is 4.79 Å². The monoisotopic (exact) mass is 443 g/mol. The lowest BCUT2D eigenvalue weighted by Gasteiger charge is -2.09. The fraction of sp³-hybridized carbons (Fsp3) is 0.200. The average Bonchev–Trinajstić information content (AvgIpc) is 3.17. The van der Waals surface area contributed by atoms with Gasteiger partial charge in [0.15, 0.2) is 4.34 Å². The van der Waals surface area contributed by atoms with Crippen LogP contribution in [0, 0.1) is 0 Å². The number of rotatable bonds is 8. The van der Waals surface area contributed by atoms with E-state index in [1.807, 2.05) is 54.6 Å². The van der Waals surface area contributed by atoms with E-state index in [4.69, 9.17) is 4.74 Å². The number of imide groups is 1. The van der Waals surface area contributed by atoms with Crippen LogP contribution in [0.3, 0.4) is 0 Å². The molecule has 1 unspecified atom stereocenters. The lowest BCUT2D eigenvalue weighted by molar-refractivity contribution is -0.119. The molecule has 0 saturated carbocycles. The van der Waals surface area contributed by atoms with E-state index < -0.39 is 11.3 Å². The summed E-state index contributed by atoms with van der Waals surface area (Å²) >= 11 is 2.57. The molecule has 1 atom stereocenters. The van der Waals surface area contributed by atoms with Crippen LogP contribution in [0.2, 0.25) is 0 Å². The van der Waals surface area contributed by atoms with Crippen molar-refractivity contribution in [3.8, 4) is 11.5 Å². The largest absolute Gasteiger partial charge is 0.457 e. The molecule has 3 aromatic rings. The number of amides is 3. The first kappa shape index (κ1) is 21.6. The van der Waals surface area contributed by atoms with Gasteiger partial charge in [-0.25, -0.2) is 4.79 Å². The number of benzene rings is 2. The molecule has 3 rings (SSSR count). The van der Waals surface area contributed by atoms with Gasteiger partial charge >= 0.3 is 6.03 Å². The SMILES string of the molecule is CCNC(=O)NC(=O)C(C)Sc1nnc(Nc2ccc(Oc3ccccc3)cc2)s1. The van der Waals surface area contributed by atoms with E-state index in [1.54, 1.807) is 13.8 Å². The van der Waals surface area contributed by atoms with Gasteiger partial charge in [0.1, 0.15) is 11.5 Å². The summed E-state index contributed by atoms with van der Waals surface area (Å²) in [4.78, 5) is 23.5. The smallest absolute Gasteiger partial charge is 0.321 e. The van der Waals surface area contributed by atoms with Gasteiger partial charge in [-0.3, -0.25) is 10.1 Å². The standard InChI is InChI=1S/C20H21N5O3S2/c1-3-21-18(27)23-17(26)13(2)29-20-25-24-19(30-20)22-14-9-11-16(12-10-14)28-15-7-5-4-6-8-15/h4-13H,3H2,1-2H3,(H,22,24)(H2,21,23,26,27). The van der Waals surface area contributed by atoms with Gasteiger partial charge in [0.2, 0.25) is 11.0 Å². The summed E-state index contributed by atoms with van der Waals surface area (Å²) < 4.78 is 6.40. The Bertz CT molecular complexity index is 980.